The third-order valence-electron chi connectivity index (χ3n) is 2.67. The quantitative estimate of drug-likeness (QED) is 0.778. The highest BCUT2D eigenvalue weighted by Crippen LogP contribution is 2.16. The Labute approximate surface area is 106 Å². The first-order valence-corrected chi connectivity index (χ1v) is 7.30. The average molecular weight is 252 g/mol. The molecular weight excluding hydrogens is 232 g/mol. The first-order valence-electron chi connectivity index (χ1n) is 5.98. The van der Waals surface area contributed by atoms with Gasteiger partial charge >= 0.3 is 0 Å². The lowest BCUT2D eigenvalue weighted by Crippen LogP contribution is -2.01. The molecule has 0 amide bonds. The van der Waals surface area contributed by atoms with Crippen LogP contribution in [0.25, 0.3) is 0 Å². The Morgan fingerprint density at radius 1 is 1.24 bits per heavy atom. The van der Waals surface area contributed by atoms with E-state index in [1.54, 1.807) is 6.92 Å². The van der Waals surface area contributed by atoms with Crippen molar-refractivity contribution < 1.29 is 9.00 Å². The summed E-state index contributed by atoms with van der Waals surface area (Å²) >= 11 is 0. The van der Waals surface area contributed by atoms with E-state index in [9.17, 15) is 9.00 Å². The second-order valence-electron chi connectivity index (χ2n) is 4.58. The van der Waals surface area contributed by atoms with Gasteiger partial charge in [0.05, 0.1) is 10.8 Å². The van der Waals surface area contributed by atoms with Crippen LogP contribution in [0.4, 0.5) is 0 Å². The van der Waals surface area contributed by atoms with Crippen molar-refractivity contribution in [3.8, 4) is 0 Å². The van der Waals surface area contributed by atoms with E-state index in [4.69, 9.17) is 0 Å². The van der Waals surface area contributed by atoms with Crippen LogP contribution in [0.1, 0.15) is 45.1 Å². The van der Waals surface area contributed by atoms with Crippen LogP contribution in [0.2, 0.25) is 0 Å². The highest BCUT2D eigenvalue weighted by Gasteiger charge is 2.05. The Hall–Kier alpha value is -0.960. The topological polar surface area (TPSA) is 34.1 Å². The molecule has 3 heteroatoms. The summed E-state index contributed by atoms with van der Waals surface area (Å²) in [6.45, 7) is 5.85. The lowest BCUT2D eigenvalue weighted by molar-refractivity contribution is -0.117. The maximum absolute atomic E-state index is 11.9. The van der Waals surface area contributed by atoms with Gasteiger partial charge < -0.3 is 4.79 Å². The fourth-order valence-electron chi connectivity index (χ4n) is 1.57. The number of benzene rings is 1. The molecule has 0 aromatic heterocycles. The Bertz CT molecular complexity index is 393. The predicted octanol–water partition coefficient (Wildman–Crippen LogP) is 3.29. The van der Waals surface area contributed by atoms with Crippen molar-refractivity contribution in [1.29, 1.82) is 0 Å². The average Bonchev–Trinajstić information content (AvgIpc) is 2.28. The zero-order valence-corrected chi connectivity index (χ0v) is 11.5. The van der Waals surface area contributed by atoms with Crippen molar-refractivity contribution in [2.24, 2.45) is 0 Å². The highest BCUT2D eigenvalue weighted by molar-refractivity contribution is 7.85. The third-order valence-corrected chi connectivity index (χ3v) is 4.13. The Balaban J connectivity index is 2.54. The lowest BCUT2D eigenvalue weighted by Gasteiger charge is -2.06. The van der Waals surface area contributed by atoms with Crippen molar-refractivity contribution in [2.45, 2.75) is 44.4 Å². The summed E-state index contributed by atoms with van der Waals surface area (Å²) < 4.78 is 11.9. The molecule has 2 nitrogen and oxygen atoms in total. The van der Waals surface area contributed by atoms with Crippen molar-refractivity contribution in [3.05, 3.63) is 29.8 Å². The smallest absolute Gasteiger partial charge is 0.129 e. The molecule has 1 unspecified atom stereocenters. The molecule has 1 atom stereocenters. The summed E-state index contributed by atoms with van der Waals surface area (Å²) in [6.07, 6.45) is 1.23. The second kappa shape index (κ2) is 6.70. The van der Waals surface area contributed by atoms with Crippen molar-refractivity contribution in [3.63, 3.8) is 0 Å². The molecule has 1 rings (SSSR count). The van der Waals surface area contributed by atoms with Crippen LogP contribution in [-0.4, -0.2) is 15.7 Å². The van der Waals surface area contributed by atoms with E-state index >= 15 is 0 Å². The SMILES string of the molecule is CC(=O)CCCS(=O)c1ccc(C(C)C)cc1. The molecule has 0 spiro atoms. The van der Waals surface area contributed by atoms with Gasteiger partial charge in [-0.05, 0) is 37.0 Å². The summed E-state index contributed by atoms with van der Waals surface area (Å²) in [5, 5.41) is 0. The fraction of sp³-hybridized carbons (Fsp3) is 0.500. The van der Waals surface area contributed by atoms with E-state index in [0.717, 1.165) is 4.90 Å². The first kappa shape index (κ1) is 14.1. The molecule has 94 valence electrons. The van der Waals surface area contributed by atoms with Gasteiger partial charge in [0.25, 0.3) is 0 Å². The Morgan fingerprint density at radius 2 is 1.82 bits per heavy atom. The molecule has 1 aromatic rings. The zero-order chi connectivity index (χ0) is 12.8. The zero-order valence-electron chi connectivity index (χ0n) is 10.7. The minimum Gasteiger partial charge on any atom is -0.300 e. The number of carbonyl (C=O) groups is 1. The normalized spacial score (nSPS) is 12.7. The van der Waals surface area contributed by atoms with Crippen LogP contribution in [0.15, 0.2) is 29.2 Å². The fourth-order valence-corrected chi connectivity index (χ4v) is 2.66. The van der Waals surface area contributed by atoms with Gasteiger partial charge in [-0.3, -0.25) is 4.21 Å². The third kappa shape index (κ3) is 4.82. The molecule has 1 aromatic carbocycles. The van der Waals surface area contributed by atoms with E-state index in [0.29, 0.717) is 24.5 Å². The molecule has 0 saturated carbocycles. The summed E-state index contributed by atoms with van der Waals surface area (Å²) in [5.74, 6) is 1.23. The molecule has 0 aliphatic carbocycles. The molecule has 0 bridgehead atoms. The number of ketones is 1. The Morgan fingerprint density at radius 3 is 2.29 bits per heavy atom. The molecule has 0 fully saturated rings. The maximum atomic E-state index is 11.9. The largest absolute Gasteiger partial charge is 0.300 e. The molecule has 17 heavy (non-hydrogen) atoms. The minimum absolute atomic E-state index is 0.164. The van der Waals surface area contributed by atoms with E-state index in [-0.39, 0.29) is 5.78 Å². The van der Waals surface area contributed by atoms with Gasteiger partial charge in [-0.15, -0.1) is 0 Å². The van der Waals surface area contributed by atoms with Gasteiger partial charge in [-0.2, -0.15) is 0 Å². The molecule has 0 N–H and O–H groups in total. The molecule has 0 saturated heterocycles. The van der Waals surface area contributed by atoms with Crippen LogP contribution in [0.3, 0.4) is 0 Å². The summed E-state index contributed by atoms with van der Waals surface area (Å²) in [6, 6.07) is 7.92. The number of hydrogen-bond acceptors (Lipinski definition) is 2. The van der Waals surface area contributed by atoms with Crippen molar-refractivity contribution >= 4 is 16.6 Å². The van der Waals surface area contributed by atoms with Crippen LogP contribution in [0, 0.1) is 0 Å². The van der Waals surface area contributed by atoms with Gasteiger partial charge in [0, 0.05) is 17.1 Å². The van der Waals surface area contributed by atoms with E-state index in [1.807, 2.05) is 24.3 Å². The Kier molecular flexibility index (Phi) is 5.56. The highest BCUT2D eigenvalue weighted by atomic mass is 32.2. The molecule has 0 aliphatic heterocycles. The van der Waals surface area contributed by atoms with Crippen LogP contribution in [0.5, 0.6) is 0 Å². The standard InChI is InChI=1S/C14H20O2S/c1-11(2)13-6-8-14(9-7-13)17(16)10-4-5-12(3)15/h6-9,11H,4-5,10H2,1-3H3. The van der Waals surface area contributed by atoms with Gasteiger partial charge in [0.15, 0.2) is 0 Å². The maximum Gasteiger partial charge on any atom is 0.129 e. The van der Waals surface area contributed by atoms with Gasteiger partial charge in [-0.25, -0.2) is 0 Å². The van der Waals surface area contributed by atoms with Crippen LogP contribution in [-0.2, 0) is 15.6 Å². The lowest BCUT2D eigenvalue weighted by atomic mass is 10.0. The first-order chi connectivity index (χ1) is 8.00. The van der Waals surface area contributed by atoms with E-state index in [1.165, 1.54) is 5.56 Å². The predicted molar refractivity (Wildman–Crippen MR) is 71.7 cm³/mol. The molecule has 0 aliphatic rings. The second-order valence-corrected chi connectivity index (χ2v) is 6.15. The molecule has 0 radical (unpaired) electrons. The van der Waals surface area contributed by atoms with Gasteiger partial charge in [-0.1, -0.05) is 26.0 Å². The minimum atomic E-state index is -0.974. The number of Topliss-reactive ketones (excluding diaryl/α,β-unsaturated/α-hetero) is 1. The van der Waals surface area contributed by atoms with E-state index < -0.39 is 10.8 Å². The monoisotopic (exact) mass is 252 g/mol. The summed E-state index contributed by atoms with van der Waals surface area (Å²) in [7, 11) is -0.974. The van der Waals surface area contributed by atoms with Crippen molar-refractivity contribution in [2.75, 3.05) is 5.75 Å². The van der Waals surface area contributed by atoms with Gasteiger partial charge in [0.2, 0.25) is 0 Å². The summed E-state index contributed by atoms with van der Waals surface area (Å²) in [4.78, 5) is 11.6. The number of hydrogen-bond donors (Lipinski definition) is 0. The van der Waals surface area contributed by atoms with Crippen LogP contribution < -0.4 is 0 Å². The molecule has 0 heterocycles. The van der Waals surface area contributed by atoms with Gasteiger partial charge in [0.1, 0.15) is 5.78 Å². The summed E-state index contributed by atoms with van der Waals surface area (Å²) in [5.41, 5.74) is 1.26. The number of rotatable bonds is 6. The van der Waals surface area contributed by atoms with E-state index in [2.05, 4.69) is 13.8 Å². The molecular formula is C14H20O2S. The van der Waals surface area contributed by atoms with Crippen LogP contribution >= 0.6 is 0 Å². The van der Waals surface area contributed by atoms with Crippen molar-refractivity contribution in [1.82, 2.24) is 0 Å². The number of carbonyl (C=O) groups excluding carboxylic acids is 1.